The highest BCUT2D eigenvalue weighted by molar-refractivity contribution is 5.97. The van der Waals surface area contributed by atoms with Crippen molar-refractivity contribution in [1.82, 2.24) is 25.5 Å². The maximum absolute atomic E-state index is 13.8. The molecule has 208 valence electrons. The zero-order chi connectivity index (χ0) is 28.5. The number of amides is 2. The summed E-state index contributed by atoms with van der Waals surface area (Å²) < 4.78 is 1.77. The first-order valence-electron chi connectivity index (χ1n) is 14.0. The van der Waals surface area contributed by atoms with E-state index in [0.29, 0.717) is 6.42 Å². The van der Waals surface area contributed by atoms with Gasteiger partial charge in [-0.3, -0.25) is 9.59 Å². The van der Waals surface area contributed by atoms with E-state index in [2.05, 4.69) is 72.9 Å². The topological polar surface area (TPSA) is 88.0 Å². The second kappa shape index (κ2) is 10.9. The molecule has 0 spiro atoms. The Balaban J connectivity index is 1.38. The number of fused-ring (bicyclic) bond motifs is 1. The van der Waals surface area contributed by atoms with E-state index in [-0.39, 0.29) is 34.8 Å². The van der Waals surface area contributed by atoms with Gasteiger partial charge in [0.1, 0.15) is 6.04 Å². The molecule has 7 heteroatoms. The summed E-state index contributed by atoms with van der Waals surface area (Å²) in [5.41, 5.74) is 4.59. The molecule has 1 fully saturated rings. The van der Waals surface area contributed by atoms with Crippen molar-refractivity contribution in [2.24, 2.45) is 7.05 Å². The predicted molar refractivity (Wildman–Crippen MR) is 160 cm³/mol. The Bertz CT molecular complexity index is 1490. The van der Waals surface area contributed by atoms with Crippen molar-refractivity contribution in [3.63, 3.8) is 0 Å². The summed E-state index contributed by atoms with van der Waals surface area (Å²) in [6, 6.07) is 25.2. The lowest BCUT2D eigenvalue weighted by Crippen LogP contribution is -2.63. The quantitative estimate of drug-likeness (QED) is 0.309. The van der Waals surface area contributed by atoms with Crippen LogP contribution in [0.2, 0.25) is 0 Å². The van der Waals surface area contributed by atoms with Crippen LogP contribution in [0, 0.1) is 0 Å². The minimum absolute atomic E-state index is 0.00522. The number of carbonyl (C=O) groups excluding carboxylic acids is 2. The minimum Gasteiger partial charge on any atom is -0.351 e. The molecule has 2 heterocycles. The fourth-order valence-electron chi connectivity index (χ4n) is 6.21. The average molecular weight is 538 g/mol. The largest absolute Gasteiger partial charge is 0.351 e. The van der Waals surface area contributed by atoms with Gasteiger partial charge >= 0.3 is 0 Å². The van der Waals surface area contributed by atoms with E-state index in [1.54, 1.807) is 4.57 Å². The number of nitrogens with one attached hydrogen (secondary N) is 3. The van der Waals surface area contributed by atoms with E-state index in [1.165, 1.54) is 0 Å². The van der Waals surface area contributed by atoms with Gasteiger partial charge in [0.15, 0.2) is 5.82 Å². The SMILES string of the molecule is Cn1c(C(=O)NC(Cc2ccc(-c3ccccc3)cc2)C(=O)NC2CC(C)(C)NC(C)(C)C2)nc2ccccc21. The molecule has 1 aromatic heterocycles. The number of aromatic nitrogens is 2. The fourth-order valence-corrected chi connectivity index (χ4v) is 6.21. The molecule has 1 aliphatic heterocycles. The molecule has 0 saturated carbocycles. The third-order valence-corrected chi connectivity index (χ3v) is 7.65. The van der Waals surface area contributed by atoms with Crippen LogP contribution >= 0.6 is 0 Å². The zero-order valence-electron chi connectivity index (χ0n) is 24.0. The summed E-state index contributed by atoms with van der Waals surface area (Å²) in [6.07, 6.45) is 1.98. The van der Waals surface area contributed by atoms with Crippen LogP contribution in [-0.4, -0.2) is 44.5 Å². The lowest BCUT2D eigenvalue weighted by molar-refractivity contribution is -0.124. The Kier molecular flexibility index (Phi) is 7.51. The summed E-state index contributed by atoms with van der Waals surface area (Å²) in [5.74, 6) is -0.272. The molecule has 1 atom stereocenters. The van der Waals surface area contributed by atoms with Crippen LogP contribution in [0.3, 0.4) is 0 Å². The van der Waals surface area contributed by atoms with Crippen LogP contribution in [0.15, 0.2) is 78.9 Å². The molecule has 0 radical (unpaired) electrons. The Labute approximate surface area is 236 Å². The highest BCUT2D eigenvalue weighted by Crippen LogP contribution is 2.28. The van der Waals surface area contributed by atoms with Crippen molar-refractivity contribution in [2.45, 2.75) is 70.1 Å². The number of benzene rings is 3. The summed E-state index contributed by atoms with van der Waals surface area (Å²) in [5, 5.41) is 9.94. The van der Waals surface area contributed by atoms with Gasteiger partial charge in [0.25, 0.3) is 5.91 Å². The van der Waals surface area contributed by atoms with Crippen LogP contribution in [0.1, 0.15) is 56.7 Å². The molecule has 3 N–H and O–H groups in total. The highest BCUT2D eigenvalue weighted by atomic mass is 16.2. The lowest BCUT2D eigenvalue weighted by Gasteiger charge is -2.46. The number of imidazole rings is 1. The standard InChI is InChI=1S/C33H39N5O2/c1-32(2)20-25(21-33(3,4)37-32)34-30(39)27(19-22-15-17-24(18-16-22)23-11-7-6-8-12-23)36-31(40)29-35-26-13-9-10-14-28(26)38(29)5/h6-18,25,27,37H,19-21H2,1-5H3,(H,34,39)(H,36,40). The van der Waals surface area contributed by atoms with Gasteiger partial charge in [-0.05, 0) is 69.4 Å². The molecular formula is C33H39N5O2. The fraction of sp³-hybridized carbons (Fsp3) is 0.364. The summed E-state index contributed by atoms with van der Waals surface area (Å²) in [6.45, 7) is 8.64. The van der Waals surface area contributed by atoms with Gasteiger partial charge in [0.2, 0.25) is 5.91 Å². The highest BCUT2D eigenvalue weighted by Gasteiger charge is 2.39. The molecule has 5 rings (SSSR count). The predicted octanol–water partition coefficient (Wildman–Crippen LogP) is 5.01. The normalized spacial score (nSPS) is 17.3. The van der Waals surface area contributed by atoms with Gasteiger partial charge in [-0.1, -0.05) is 66.7 Å². The Morgan fingerprint density at radius 3 is 2.15 bits per heavy atom. The molecule has 7 nitrogen and oxygen atoms in total. The van der Waals surface area contributed by atoms with Crippen molar-refractivity contribution >= 4 is 22.8 Å². The van der Waals surface area contributed by atoms with Crippen molar-refractivity contribution in [3.05, 3.63) is 90.3 Å². The van der Waals surface area contributed by atoms with Crippen LogP contribution < -0.4 is 16.0 Å². The lowest BCUT2D eigenvalue weighted by atomic mass is 9.79. The number of hydrogen-bond acceptors (Lipinski definition) is 4. The summed E-state index contributed by atoms with van der Waals surface area (Å²) in [4.78, 5) is 31.8. The van der Waals surface area contributed by atoms with E-state index in [0.717, 1.165) is 40.6 Å². The Morgan fingerprint density at radius 2 is 1.50 bits per heavy atom. The molecule has 3 aromatic carbocycles. The number of para-hydroxylation sites is 2. The molecule has 1 unspecified atom stereocenters. The molecule has 40 heavy (non-hydrogen) atoms. The molecule has 0 bridgehead atoms. The maximum Gasteiger partial charge on any atom is 0.287 e. The first-order chi connectivity index (χ1) is 19.0. The van der Waals surface area contributed by atoms with Gasteiger partial charge in [-0.15, -0.1) is 0 Å². The van der Waals surface area contributed by atoms with Crippen molar-refractivity contribution in [1.29, 1.82) is 0 Å². The van der Waals surface area contributed by atoms with Gasteiger partial charge in [0, 0.05) is 30.6 Å². The van der Waals surface area contributed by atoms with Gasteiger partial charge in [0.05, 0.1) is 11.0 Å². The van der Waals surface area contributed by atoms with E-state index in [9.17, 15) is 9.59 Å². The number of hydrogen-bond donors (Lipinski definition) is 3. The average Bonchev–Trinajstić information content (AvgIpc) is 3.24. The van der Waals surface area contributed by atoms with E-state index >= 15 is 0 Å². The molecule has 1 aliphatic rings. The second-order valence-electron chi connectivity index (χ2n) is 12.3. The molecular weight excluding hydrogens is 498 g/mol. The number of aryl methyl sites for hydroxylation is 1. The molecule has 2 amide bonds. The Morgan fingerprint density at radius 1 is 0.900 bits per heavy atom. The van der Waals surface area contributed by atoms with Gasteiger partial charge < -0.3 is 20.5 Å². The maximum atomic E-state index is 13.8. The zero-order valence-corrected chi connectivity index (χ0v) is 24.0. The van der Waals surface area contributed by atoms with Gasteiger partial charge in [-0.25, -0.2) is 4.98 Å². The molecule has 4 aromatic rings. The number of nitrogens with zero attached hydrogens (tertiary/aromatic N) is 2. The number of carbonyl (C=O) groups is 2. The number of piperidine rings is 1. The first kappa shape index (κ1) is 27.6. The third-order valence-electron chi connectivity index (χ3n) is 7.65. The van der Waals surface area contributed by atoms with Crippen molar-refractivity contribution in [2.75, 3.05) is 0 Å². The van der Waals surface area contributed by atoms with Gasteiger partial charge in [-0.2, -0.15) is 0 Å². The van der Waals surface area contributed by atoms with Crippen LogP contribution in [0.25, 0.3) is 22.2 Å². The van der Waals surface area contributed by atoms with E-state index in [1.807, 2.05) is 61.6 Å². The molecule has 0 aliphatic carbocycles. The Hall–Kier alpha value is -3.97. The van der Waals surface area contributed by atoms with E-state index in [4.69, 9.17) is 0 Å². The third kappa shape index (κ3) is 6.26. The number of rotatable bonds is 7. The van der Waals surface area contributed by atoms with Crippen LogP contribution in [0.5, 0.6) is 0 Å². The van der Waals surface area contributed by atoms with Crippen molar-refractivity contribution < 1.29 is 9.59 Å². The summed E-state index contributed by atoms with van der Waals surface area (Å²) in [7, 11) is 1.82. The minimum atomic E-state index is -0.754. The molecule has 1 saturated heterocycles. The summed E-state index contributed by atoms with van der Waals surface area (Å²) >= 11 is 0. The van der Waals surface area contributed by atoms with Crippen LogP contribution in [-0.2, 0) is 18.3 Å². The van der Waals surface area contributed by atoms with E-state index < -0.39 is 6.04 Å². The smallest absolute Gasteiger partial charge is 0.287 e. The van der Waals surface area contributed by atoms with Crippen LogP contribution in [0.4, 0.5) is 0 Å². The second-order valence-corrected chi connectivity index (χ2v) is 12.3. The van der Waals surface area contributed by atoms with Crippen molar-refractivity contribution in [3.8, 4) is 11.1 Å². The monoisotopic (exact) mass is 537 g/mol. The first-order valence-corrected chi connectivity index (χ1v) is 14.0.